The molecule has 2 aliphatic rings. The lowest BCUT2D eigenvalue weighted by atomic mass is 10.0. The topological polar surface area (TPSA) is 106 Å². The van der Waals surface area contributed by atoms with Crippen molar-refractivity contribution < 1.29 is 27.4 Å². The normalized spacial score (nSPS) is 19.3. The van der Waals surface area contributed by atoms with Crippen LogP contribution in [0.25, 0.3) is 10.9 Å². The molecule has 2 N–H and O–H groups in total. The summed E-state index contributed by atoms with van der Waals surface area (Å²) in [7, 11) is 0. The standard InChI is InChI=1S/C23H29F3N4O5/c1-11(27-22(33)35-23(2,3)4)12-7-8-29(10-12)17-15(24)9-14-16(18(17)34-20(25)26)30(13-5-6-13)21(32)28-19(14)31/h9,11-13,20H,5-8,10H2,1-4H3,(H,27,33)(H,28,31,32)/t11-,12?/m0/s1. The molecule has 1 aliphatic heterocycles. The molecule has 1 saturated heterocycles. The van der Waals surface area contributed by atoms with Crippen molar-refractivity contribution in [2.45, 2.75) is 71.3 Å². The van der Waals surface area contributed by atoms with Gasteiger partial charge in [-0.2, -0.15) is 8.78 Å². The molecule has 0 radical (unpaired) electrons. The predicted octanol–water partition coefficient (Wildman–Crippen LogP) is 3.50. The molecule has 9 nitrogen and oxygen atoms in total. The highest BCUT2D eigenvalue weighted by molar-refractivity contribution is 5.91. The maximum absolute atomic E-state index is 15.3. The number of fused-ring (bicyclic) bond motifs is 1. The van der Waals surface area contributed by atoms with E-state index in [4.69, 9.17) is 9.47 Å². The minimum absolute atomic E-state index is 0.137. The number of alkyl carbamates (subject to hydrolysis) is 1. The first-order valence-electron chi connectivity index (χ1n) is 11.6. The predicted molar refractivity (Wildman–Crippen MR) is 123 cm³/mol. The van der Waals surface area contributed by atoms with E-state index in [1.807, 2.05) is 0 Å². The van der Waals surface area contributed by atoms with Crippen LogP contribution in [0.15, 0.2) is 15.7 Å². The number of nitrogens with zero attached hydrogens (tertiary/aromatic N) is 2. The van der Waals surface area contributed by atoms with Crippen molar-refractivity contribution in [3.63, 3.8) is 0 Å². The summed E-state index contributed by atoms with van der Waals surface area (Å²) in [6.45, 7) is 4.25. The number of alkyl halides is 2. The highest BCUT2D eigenvalue weighted by Gasteiger charge is 2.36. The zero-order valence-electron chi connectivity index (χ0n) is 20.0. The summed E-state index contributed by atoms with van der Waals surface area (Å²) in [6, 6.07) is 0.324. The van der Waals surface area contributed by atoms with Gasteiger partial charge >= 0.3 is 18.4 Å². The van der Waals surface area contributed by atoms with E-state index < -0.39 is 41.1 Å². The largest absolute Gasteiger partial charge is 0.444 e. The first-order valence-corrected chi connectivity index (χ1v) is 11.6. The number of amides is 1. The fourth-order valence-corrected chi connectivity index (χ4v) is 4.53. The summed E-state index contributed by atoms with van der Waals surface area (Å²) < 4.78 is 53.6. The lowest BCUT2D eigenvalue weighted by molar-refractivity contribution is -0.0488. The Labute approximate surface area is 199 Å². The van der Waals surface area contributed by atoms with Gasteiger partial charge in [0.15, 0.2) is 11.6 Å². The second kappa shape index (κ2) is 9.12. The Bertz CT molecular complexity index is 1250. The Kier molecular flexibility index (Phi) is 6.50. The zero-order valence-corrected chi connectivity index (χ0v) is 20.0. The third kappa shape index (κ3) is 5.25. The van der Waals surface area contributed by atoms with Gasteiger partial charge in [0, 0.05) is 25.2 Å². The number of rotatable bonds is 6. The fourth-order valence-electron chi connectivity index (χ4n) is 4.53. The second-order valence-electron chi connectivity index (χ2n) is 10.1. The van der Waals surface area contributed by atoms with Gasteiger partial charge in [0.25, 0.3) is 5.56 Å². The minimum Gasteiger partial charge on any atom is -0.444 e. The van der Waals surface area contributed by atoms with Crippen LogP contribution in [0.1, 0.15) is 53.0 Å². The summed E-state index contributed by atoms with van der Waals surface area (Å²) in [5.74, 6) is -1.58. The Morgan fingerprint density at radius 3 is 2.51 bits per heavy atom. The van der Waals surface area contributed by atoms with Gasteiger partial charge in [-0.3, -0.25) is 14.3 Å². The van der Waals surface area contributed by atoms with E-state index in [0.717, 1.165) is 6.07 Å². The molecule has 2 aromatic rings. The van der Waals surface area contributed by atoms with Crippen LogP contribution in [0.4, 0.5) is 23.7 Å². The Morgan fingerprint density at radius 1 is 1.23 bits per heavy atom. The third-order valence-corrected chi connectivity index (χ3v) is 6.22. The number of aromatic nitrogens is 2. The van der Waals surface area contributed by atoms with Crippen molar-refractivity contribution in [3.05, 3.63) is 32.7 Å². The molecule has 1 aromatic heterocycles. The Balaban J connectivity index is 1.71. The number of carbonyl (C=O) groups excluding carboxylic acids is 1. The molecule has 2 heterocycles. The van der Waals surface area contributed by atoms with Gasteiger partial charge in [-0.15, -0.1) is 0 Å². The zero-order chi connectivity index (χ0) is 25.7. The van der Waals surface area contributed by atoms with Gasteiger partial charge in [0.05, 0.1) is 5.39 Å². The molecular weight excluding hydrogens is 469 g/mol. The SMILES string of the molecule is C[C@H](NC(=O)OC(C)(C)C)C1CCN(c2c(F)cc3c(=O)[nH]c(=O)n(C4CC4)c3c2OC(F)F)C1. The van der Waals surface area contributed by atoms with Crippen LogP contribution in [0.2, 0.25) is 0 Å². The number of halogens is 3. The number of H-pyrrole nitrogens is 1. The van der Waals surface area contributed by atoms with Crippen LogP contribution in [-0.4, -0.2) is 47.0 Å². The molecule has 1 aliphatic carbocycles. The van der Waals surface area contributed by atoms with E-state index in [0.29, 0.717) is 25.8 Å². The quantitative estimate of drug-likeness (QED) is 0.632. The molecule has 0 bridgehead atoms. The van der Waals surface area contributed by atoms with Crippen molar-refractivity contribution in [1.29, 1.82) is 0 Å². The molecule has 0 spiro atoms. The molecule has 2 fully saturated rings. The van der Waals surface area contributed by atoms with E-state index in [-0.39, 0.29) is 41.1 Å². The highest BCUT2D eigenvalue weighted by Crippen LogP contribution is 2.44. The van der Waals surface area contributed by atoms with Gasteiger partial charge < -0.3 is 19.7 Å². The second-order valence-corrected chi connectivity index (χ2v) is 10.1. The Morgan fingerprint density at radius 2 is 1.91 bits per heavy atom. The first kappa shape index (κ1) is 24.9. The van der Waals surface area contributed by atoms with Crippen molar-refractivity contribution in [2.75, 3.05) is 18.0 Å². The number of anilines is 1. The van der Waals surface area contributed by atoms with Crippen molar-refractivity contribution in [1.82, 2.24) is 14.9 Å². The summed E-state index contributed by atoms with van der Waals surface area (Å²) in [4.78, 5) is 40.8. The smallest absolute Gasteiger partial charge is 0.407 e. The van der Waals surface area contributed by atoms with Crippen LogP contribution in [-0.2, 0) is 4.74 Å². The van der Waals surface area contributed by atoms with E-state index in [9.17, 15) is 23.2 Å². The van der Waals surface area contributed by atoms with Crippen molar-refractivity contribution >= 4 is 22.7 Å². The lowest BCUT2D eigenvalue weighted by Gasteiger charge is -2.27. The summed E-state index contributed by atoms with van der Waals surface area (Å²) in [5, 5.41) is 2.53. The van der Waals surface area contributed by atoms with Gasteiger partial charge in [0.2, 0.25) is 0 Å². The molecule has 2 atom stereocenters. The van der Waals surface area contributed by atoms with Gasteiger partial charge in [0.1, 0.15) is 16.8 Å². The summed E-state index contributed by atoms with van der Waals surface area (Å²) in [5.41, 5.74) is -2.67. The number of aromatic amines is 1. The number of benzene rings is 1. The molecule has 1 saturated carbocycles. The molecule has 12 heteroatoms. The van der Waals surface area contributed by atoms with Crippen LogP contribution >= 0.6 is 0 Å². The molecule has 1 aromatic carbocycles. The number of ether oxygens (including phenoxy) is 2. The molecule has 4 rings (SSSR count). The van der Waals surface area contributed by atoms with E-state index in [2.05, 4.69) is 10.3 Å². The molecule has 192 valence electrons. The average molecular weight is 499 g/mol. The van der Waals surface area contributed by atoms with Crippen LogP contribution in [0.5, 0.6) is 5.75 Å². The number of hydrogen-bond donors (Lipinski definition) is 2. The van der Waals surface area contributed by atoms with Crippen molar-refractivity contribution in [2.24, 2.45) is 5.92 Å². The monoisotopic (exact) mass is 498 g/mol. The van der Waals surface area contributed by atoms with Crippen LogP contribution in [0, 0.1) is 11.7 Å². The number of carbonyl (C=O) groups is 1. The van der Waals surface area contributed by atoms with E-state index in [1.54, 1.807) is 32.6 Å². The first-order chi connectivity index (χ1) is 16.4. The van der Waals surface area contributed by atoms with E-state index >= 15 is 4.39 Å². The van der Waals surface area contributed by atoms with Gasteiger partial charge in [-0.25, -0.2) is 14.0 Å². The van der Waals surface area contributed by atoms with E-state index in [1.165, 1.54) is 4.57 Å². The average Bonchev–Trinajstić information content (AvgIpc) is 3.42. The molecule has 1 unspecified atom stereocenters. The Hall–Kier alpha value is -3.18. The maximum Gasteiger partial charge on any atom is 0.407 e. The third-order valence-electron chi connectivity index (χ3n) is 6.22. The van der Waals surface area contributed by atoms with Crippen LogP contribution in [0.3, 0.4) is 0 Å². The fraction of sp³-hybridized carbons (Fsp3) is 0.609. The lowest BCUT2D eigenvalue weighted by Crippen LogP contribution is -2.42. The molecule has 35 heavy (non-hydrogen) atoms. The number of nitrogens with one attached hydrogen (secondary N) is 2. The van der Waals surface area contributed by atoms with Crippen molar-refractivity contribution in [3.8, 4) is 5.75 Å². The number of hydrogen-bond acceptors (Lipinski definition) is 6. The maximum atomic E-state index is 15.3. The van der Waals surface area contributed by atoms with Gasteiger partial charge in [-0.05, 0) is 58.9 Å². The summed E-state index contributed by atoms with van der Waals surface area (Å²) in [6.07, 6.45) is 1.20. The molecular formula is C23H29F3N4O5. The van der Waals surface area contributed by atoms with Gasteiger partial charge in [-0.1, -0.05) is 0 Å². The van der Waals surface area contributed by atoms with Crippen LogP contribution < -0.4 is 26.2 Å². The highest BCUT2D eigenvalue weighted by atomic mass is 19.3. The summed E-state index contributed by atoms with van der Waals surface area (Å²) >= 11 is 0. The molecule has 1 amide bonds. The minimum atomic E-state index is -3.30.